The van der Waals surface area contributed by atoms with Crippen LogP contribution in [0.4, 0.5) is 0 Å². The smallest absolute Gasteiger partial charge is 0.163 e. The molecule has 0 aliphatic carbocycles. The van der Waals surface area contributed by atoms with Gasteiger partial charge in [-0.25, -0.2) is 14.6 Å². The van der Waals surface area contributed by atoms with Crippen LogP contribution in [0.1, 0.15) is 0 Å². The molecule has 0 aliphatic heterocycles. The van der Waals surface area contributed by atoms with Gasteiger partial charge < -0.3 is 9.47 Å². The Morgan fingerprint density at radius 2 is 2.20 bits per heavy atom. The summed E-state index contributed by atoms with van der Waals surface area (Å²) in [4.78, 5) is 8.19. The summed E-state index contributed by atoms with van der Waals surface area (Å²) in [7, 11) is 1.61. The third-order valence-corrected chi connectivity index (χ3v) is 2.84. The highest BCUT2D eigenvalue weighted by molar-refractivity contribution is 5.81. The molecule has 0 spiro atoms. The van der Waals surface area contributed by atoms with Gasteiger partial charge in [0.2, 0.25) is 0 Å². The lowest BCUT2D eigenvalue weighted by Crippen LogP contribution is -2.09. The molecule has 7 nitrogen and oxygen atoms in total. The Kier molecular flexibility index (Phi) is 3.40. The van der Waals surface area contributed by atoms with E-state index in [0.717, 1.165) is 10.9 Å². The first-order valence-electron chi connectivity index (χ1n) is 6.11. The molecule has 0 N–H and O–H groups in total. The quantitative estimate of drug-likeness (QED) is 0.696. The number of benzene rings is 1. The van der Waals surface area contributed by atoms with Gasteiger partial charge in [-0.05, 0) is 6.07 Å². The van der Waals surface area contributed by atoms with Gasteiger partial charge in [-0.3, -0.25) is 0 Å². The molecule has 0 aliphatic rings. The second-order valence-corrected chi connectivity index (χ2v) is 4.10. The number of methoxy groups -OCH3 is 1. The van der Waals surface area contributed by atoms with E-state index in [0.29, 0.717) is 24.7 Å². The van der Waals surface area contributed by atoms with Crippen molar-refractivity contribution in [3.05, 3.63) is 37.1 Å². The molecule has 0 saturated heterocycles. The van der Waals surface area contributed by atoms with Gasteiger partial charge in [-0.2, -0.15) is 0 Å². The molecule has 3 rings (SSSR count). The zero-order chi connectivity index (χ0) is 13.8. The van der Waals surface area contributed by atoms with E-state index in [1.165, 1.54) is 6.33 Å². The Labute approximate surface area is 115 Å². The van der Waals surface area contributed by atoms with Crippen LogP contribution in [0.2, 0.25) is 0 Å². The van der Waals surface area contributed by atoms with E-state index >= 15 is 0 Å². The number of fused-ring (bicyclic) bond motifs is 1. The number of nitrogens with zero attached hydrogens (tertiary/aromatic N) is 5. The van der Waals surface area contributed by atoms with E-state index in [4.69, 9.17) is 9.47 Å². The maximum absolute atomic E-state index is 5.74. The van der Waals surface area contributed by atoms with E-state index in [1.807, 2.05) is 12.1 Å². The zero-order valence-electron chi connectivity index (χ0n) is 10.9. The van der Waals surface area contributed by atoms with E-state index in [-0.39, 0.29) is 0 Å². The van der Waals surface area contributed by atoms with Gasteiger partial charge in [0.25, 0.3) is 0 Å². The number of hydrogen-bond donors (Lipinski definition) is 0. The molecular formula is C13H13N5O2. The van der Waals surface area contributed by atoms with Crippen molar-refractivity contribution in [2.45, 2.75) is 6.54 Å². The predicted molar refractivity (Wildman–Crippen MR) is 71.6 cm³/mol. The van der Waals surface area contributed by atoms with E-state index in [1.54, 1.807) is 30.4 Å². The fourth-order valence-electron chi connectivity index (χ4n) is 1.86. The Hall–Kier alpha value is -2.70. The zero-order valence-corrected chi connectivity index (χ0v) is 10.9. The molecule has 20 heavy (non-hydrogen) atoms. The van der Waals surface area contributed by atoms with Crippen LogP contribution in [0.5, 0.6) is 11.5 Å². The maximum atomic E-state index is 5.74. The largest absolute Gasteiger partial charge is 0.493 e. The number of rotatable bonds is 5. The van der Waals surface area contributed by atoms with Gasteiger partial charge in [-0.15, -0.1) is 5.10 Å². The lowest BCUT2D eigenvalue weighted by atomic mass is 10.2. The third-order valence-electron chi connectivity index (χ3n) is 2.84. The first-order valence-corrected chi connectivity index (χ1v) is 6.11. The summed E-state index contributed by atoms with van der Waals surface area (Å²) in [6.45, 7) is 1.08. The van der Waals surface area contributed by atoms with Crippen LogP contribution < -0.4 is 9.47 Å². The van der Waals surface area contributed by atoms with Crippen molar-refractivity contribution in [1.29, 1.82) is 0 Å². The van der Waals surface area contributed by atoms with Crippen LogP contribution in [0.15, 0.2) is 37.1 Å². The fraction of sp³-hybridized carbons (Fsp3) is 0.231. The average Bonchev–Trinajstić information content (AvgIpc) is 3.00. The number of aromatic nitrogens is 5. The monoisotopic (exact) mass is 271 g/mol. The summed E-state index contributed by atoms with van der Waals surface area (Å²) in [5, 5.41) is 8.52. The molecular weight excluding hydrogens is 258 g/mol. The first-order chi connectivity index (χ1) is 9.86. The average molecular weight is 271 g/mol. The van der Waals surface area contributed by atoms with Gasteiger partial charge in [-0.1, -0.05) is 5.21 Å². The molecule has 2 heterocycles. The van der Waals surface area contributed by atoms with Crippen molar-refractivity contribution in [2.24, 2.45) is 0 Å². The minimum absolute atomic E-state index is 0.469. The lowest BCUT2D eigenvalue weighted by Gasteiger charge is -2.11. The molecule has 1 aromatic carbocycles. The summed E-state index contributed by atoms with van der Waals surface area (Å²) < 4.78 is 12.8. The Bertz CT molecular complexity index is 699. The highest BCUT2D eigenvalue weighted by Crippen LogP contribution is 2.31. The van der Waals surface area contributed by atoms with E-state index in [9.17, 15) is 0 Å². The van der Waals surface area contributed by atoms with Crippen molar-refractivity contribution in [1.82, 2.24) is 25.0 Å². The maximum Gasteiger partial charge on any atom is 0.163 e. The molecule has 2 aromatic heterocycles. The van der Waals surface area contributed by atoms with Crippen LogP contribution >= 0.6 is 0 Å². The Morgan fingerprint density at radius 3 is 3.00 bits per heavy atom. The SMILES string of the molecule is COc1cc2cncnc2cc1OCCn1ccnn1. The van der Waals surface area contributed by atoms with Gasteiger partial charge in [0.15, 0.2) is 11.5 Å². The van der Waals surface area contributed by atoms with Crippen LogP contribution in [-0.2, 0) is 6.54 Å². The molecule has 0 saturated carbocycles. The minimum Gasteiger partial charge on any atom is -0.493 e. The standard InChI is InChI=1S/C13H13N5O2/c1-19-12-6-10-8-14-9-15-11(10)7-13(12)20-5-4-18-3-2-16-17-18/h2-3,6-9H,4-5H2,1H3. The highest BCUT2D eigenvalue weighted by atomic mass is 16.5. The summed E-state index contributed by atoms with van der Waals surface area (Å²) in [6.07, 6.45) is 6.67. The van der Waals surface area contributed by atoms with Crippen molar-refractivity contribution in [2.75, 3.05) is 13.7 Å². The first kappa shape index (κ1) is 12.3. The minimum atomic E-state index is 0.469. The molecule has 0 amide bonds. The van der Waals surface area contributed by atoms with Crippen molar-refractivity contribution >= 4 is 10.9 Å². The summed E-state index contributed by atoms with van der Waals surface area (Å²) >= 11 is 0. The summed E-state index contributed by atoms with van der Waals surface area (Å²) in [6, 6.07) is 3.71. The fourth-order valence-corrected chi connectivity index (χ4v) is 1.86. The molecule has 0 fully saturated rings. The molecule has 3 aromatic rings. The van der Waals surface area contributed by atoms with Gasteiger partial charge >= 0.3 is 0 Å². The normalized spacial score (nSPS) is 10.7. The van der Waals surface area contributed by atoms with E-state index < -0.39 is 0 Å². The molecule has 7 heteroatoms. The van der Waals surface area contributed by atoms with Crippen LogP contribution in [0.25, 0.3) is 10.9 Å². The third kappa shape index (κ3) is 2.51. The second-order valence-electron chi connectivity index (χ2n) is 4.10. The van der Waals surface area contributed by atoms with Crippen LogP contribution in [0.3, 0.4) is 0 Å². The topological polar surface area (TPSA) is 75.0 Å². The predicted octanol–water partition coefficient (Wildman–Crippen LogP) is 1.31. The lowest BCUT2D eigenvalue weighted by molar-refractivity contribution is 0.273. The van der Waals surface area contributed by atoms with Crippen molar-refractivity contribution in [3.8, 4) is 11.5 Å². The second kappa shape index (κ2) is 5.52. The summed E-state index contributed by atoms with van der Waals surface area (Å²) in [5.74, 6) is 1.31. The number of hydrogen-bond acceptors (Lipinski definition) is 6. The van der Waals surface area contributed by atoms with Crippen LogP contribution in [0, 0.1) is 0 Å². The summed E-state index contributed by atoms with van der Waals surface area (Å²) in [5.41, 5.74) is 0.816. The van der Waals surface area contributed by atoms with Gasteiger partial charge in [0.05, 0.1) is 25.4 Å². The number of ether oxygens (including phenoxy) is 2. The Balaban J connectivity index is 1.78. The molecule has 0 radical (unpaired) electrons. The molecule has 102 valence electrons. The molecule has 0 bridgehead atoms. The van der Waals surface area contributed by atoms with Gasteiger partial charge in [0.1, 0.15) is 12.9 Å². The molecule has 0 unspecified atom stereocenters. The van der Waals surface area contributed by atoms with E-state index in [2.05, 4.69) is 20.3 Å². The highest BCUT2D eigenvalue weighted by Gasteiger charge is 2.07. The molecule has 0 atom stereocenters. The van der Waals surface area contributed by atoms with Gasteiger partial charge in [0, 0.05) is 23.8 Å². The van der Waals surface area contributed by atoms with Crippen molar-refractivity contribution < 1.29 is 9.47 Å². The van der Waals surface area contributed by atoms with Crippen molar-refractivity contribution in [3.63, 3.8) is 0 Å². The Morgan fingerprint density at radius 1 is 1.25 bits per heavy atom. The van der Waals surface area contributed by atoms with Crippen LogP contribution in [-0.4, -0.2) is 38.7 Å².